The van der Waals surface area contributed by atoms with Crippen LogP contribution in [0.25, 0.3) is 0 Å². The average Bonchev–Trinajstić information content (AvgIpc) is 3.06. The van der Waals surface area contributed by atoms with Crippen molar-refractivity contribution >= 4 is 24.4 Å². The van der Waals surface area contributed by atoms with Crippen LogP contribution in [0.5, 0.6) is 5.75 Å². The normalized spacial score (nSPS) is 26.2. The number of benzene rings is 1. The summed E-state index contributed by atoms with van der Waals surface area (Å²) < 4.78 is 22.9. The molecule has 1 N–H and O–H groups in total. The van der Waals surface area contributed by atoms with Gasteiger partial charge in [-0.25, -0.2) is 4.79 Å². The predicted octanol–water partition coefficient (Wildman–Crippen LogP) is 1.87. The van der Waals surface area contributed by atoms with Crippen molar-refractivity contribution < 1.29 is 28.7 Å². The number of rotatable bonds is 5. The van der Waals surface area contributed by atoms with Crippen LogP contribution in [0.1, 0.15) is 27.7 Å². The van der Waals surface area contributed by atoms with Gasteiger partial charge in [0.05, 0.1) is 36.6 Å². The van der Waals surface area contributed by atoms with Crippen LogP contribution in [0.2, 0.25) is 0 Å². The number of hydrogen-bond donors (Lipinski definition) is 1. The number of cyclic esters (lactones) is 1. The Hall–Kier alpha value is -2.03. The number of aliphatic hydroxyl groups is 1. The van der Waals surface area contributed by atoms with Crippen molar-refractivity contribution in [2.45, 2.75) is 51.0 Å². The quantitative estimate of drug-likeness (QED) is 0.626. The molecule has 0 radical (unpaired) electrons. The molecule has 27 heavy (non-hydrogen) atoms. The lowest BCUT2D eigenvalue weighted by Crippen LogP contribution is -2.41. The van der Waals surface area contributed by atoms with E-state index in [0.29, 0.717) is 11.4 Å². The van der Waals surface area contributed by atoms with E-state index in [9.17, 15) is 9.90 Å². The van der Waals surface area contributed by atoms with E-state index in [1.54, 1.807) is 18.2 Å². The molecular formula is C19H26BNO6. The molecule has 1 aromatic carbocycles. The molecule has 2 heterocycles. The van der Waals surface area contributed by atoms with Gasteiger partial charge in [0.2, 0.25) is 0 Å². The maximum Gasteiger partial charge on any atom is 0.494 e. The Labute approximate surface area is 160 Å². The van der Waals surface area contributed by atoms with E-state index in [1.807, 2.05) is 33.8 Å². The molecule has 0 aromatic heterocycles. The third-order valence-electron chi connectivity index (χ3n) is 5.54. The summed E-state index contributed by atoms with van der Waals surface area (Å²) in [5.41, 5.74) is 0.411. The number of methoxy groups -OCH3 is 1. The van der Waals surface area contributed by atoms with E-state index in [4.69, 9.17) is 18.8 Å². The highest BCUT2D eigenvalue weighted by Crippen LogP contribution is 2.38. The van der Waals surface area contributed by atoms with E-state index in [1.165, 1.54) is 12.0 Å². The Bertz CT molecular complexity index is 734. The molecule has 1 aromatic rings. The first kappa shape index (κ1) is 19.7. The minimum absolute atomic E-state index is 0.284. The molecule has 7 nitrogen and oxygen atoms in total. The minimum Gasteiger partial charge on any atom is -0.495 e. The SMILES string of the molecule is C=C[C@H]1[C@H](CO)OC(=O)N1c1ccc(B2OC(C)(C)C(C)(C)O2)cc1OC. The first-order valence-corrected chi connectivity index (χ1v) is 8.92. The topological polar surface area (TPSA) is 77.5 Å². The highest BCUT2D eigenvalue weighted by Gasteiger charge is 2.52. The summed E-state index contributed by atoms with van der Waals surface area (Å²) in [5, 5.41) is 9.45. The van der Waals surface area contributed by atoms with Gasteiger partial charge in [-0.1, -0.05) is 12.1 Å². The Morgan fingerprint density at radius 3 is 2.44 bits per heavy atom. The monoisotopic (exact) mass is 375 g/mol. The average molecular weight is 375 g/mol. The molecule has 0 unspecified atom stereocenters. The second-order valence-electron chi connectivity index (χ2n) is 7.72. The highest BCUT2D eigenvalue weighted by atomic mass is 16.7. The summed E-state index contributed by atoms with van der Waals surface area (Å²) in [4.78, 5) is 13.8. The summed E-state index contributed by atoms with van der Waals surface area (Å²) in [6, 6.07) is 4.90. The zero-order valence-corrected chi connectivity index (χ0v) is 16.4. The third-order valence-corrected chi connectivity index (χ3v) is 5.54. The van der Waals surface area contributed by atoms with Gasteiger partial charge in [0.1, 0.15) is 5.75 Å². The van der Waals surface area contributed by atoms with Gasteiger partial charge in [-0.05, 0) is 45.3 Å². The van der Waals surface area contributed by atoms with Gasteiger partial charge in [-0.3, -0.25) is 4.90 Å². The van der Waals surface area contributed by atoms with Gasteiger partial charge < -0.3 is 23.9 Å². The van der Waals surface area contributed by atoms with E-state index in [0.717, 1.165) is 5.46 Å². The first-order valence-electron chi connectivity index (χ1n) is 8.92. The molecule has 0 aliphatic carbocycles. The molecule has 2 aliphatic heterocycles. The molecule has 3 rings (SSSR count). The lowest BCUT2D eigenvalue weighted by atomic mass is 9.79. The van der Waals surface area contributed by atoms with Crippen molar-refractivity contribution in [3.05, 3.63) is 30.9 Å². The second-order valence-corrected chi connectivity index (χ2v) is 7.72. The number of ether oxygens (including phenoxy) is 2. The molecule has 2 atom stereocenters. The molecule has 0 spiro atoms. The minimum atomic E-state index is -0.664. The molecular weight excluding hydrogens is 349 g/mol. The fraction of sp³-hybridized carbons (Fsp3) is 0.526. The zero-order valence-electron chi connectivity index (χ0n) is 16.4. The molecule has 8 heteroatoms. The van der Waals surface area contributed by atoms with Crippen LogP contribution in [0.4, 0.5) is 10.5 Å². The second kappa shape index (κ2) is 6.85. The Kier molecular flexibility index (Phi) is 5.01. The van der Waals surface area contributed by atoms with Crippen LogP contribution in [-0.2, 0) is 14.0 Å². The summed E-state index contributed by atoms with van der Waals surface area (Å²) in [6.07, 6.45) is 0.357. The molecule has 2 fully saturated rings. The van der Waals surface area contributed by atoms with Crippen LogP contribution in [-0.4, -0.2) is 55.4 Å². The van der Waals surface area contributed by atoms with E-state index in [2.05, 4.69) is 6.58 Å². The standard InChI is InChI=1S/C19H26BNO6/c1-7-13-16(11-22)25-17(23)21(13)14-9-8-12(10-15(14)24-6)20-26-18(2,3)19(4,5)27-20/h7-10,13,16,22H,1,11H2,2-6H3/t13-,16-/m0/s1. The lowest BCUT2D eigenvalue weighted by Gasteiger charge is -2.32. The molecule has 0 bridgehead atoms. The van der Waals surface area contributed by atoms with Gasteiger partial charge in [-0.2, -0.15) is 0 Å². The number of anilines is 1. The van der Waals surface area contributed by atoms with Crippen molar-refractivity contribution in [1.82, 2.24) is 0 Å². The molecule has 0 saturated carbocycles. The van der Waals surface area contributed by atoms with Gasteiger partial charge in [-0.15, -0.1) is 6.58 Å². The maximum atomic E-state index is 12.3. The zero-order chi connectivity index (χ0) is 20.0. The fourth-order valence-corrected chi connectivity index (χ4v) is 3.22. The molecule has 1 amide bonds. The number of nitrogens with zero attached hydrogens (tertiary/aromatic N) is 1. The number of hydrogen-bond acceptors (Lipinski definition) is 6. The van der Waals surface area contributed by atoms with Crippen molar-refractivity contribution in [3.63, 3.8) is 0 Å². The van der Waals surface area contributed by atoms with Gasteiger partial charge in [0, 0.05) is 0 Å². The van der Waals surface area contributed by atoms with Crippen molar-refractivity contribution in [3.8, 4) is 5.75 Å². The van der Waals surface area contributed by atoms with Crippen LogP contribution in [0, 0.1) is 0 Å². The van der Waals surface area contributed by atoms with E-state index in [-0.39, 0.29) is 6.61 Å². The van der Waals surface area contributed by atoms with Crippen LogP contribution < -0.4 is 15.1 Å². The lowest BCUT2D eigenvalue weighted by molar-refractivity contribution is 0.00578. The van der Waals surface area contributed by atoms with Crippen LogP contribution in [0.15, 0.2) is 30.9 Å². The summed E-state index contributed by atoms with van der Waals surface area (Å²) >= 11 is 0. The largest absolute Gasteiger partial charge is 0.495 e. The van der Waals surface area contributed by atoms with Crippen LogP contribution >= 0.6 is 0 Å². The summed E-state index contributed by atoms with van der Waals surface area (Å²) in [7, 11) is 0.990. The predicted molar refractivity (Wildman–Crippen MR) is 103 cm³/mol. The van der Waals surface area contributed by atoms with Crippen molar-refractivity contribution in [2.75, 3.05) is 18.6 Å². The van der Waals surface area contributed by atoms with E-state index >= 15 is 0 Å². The Morgan fingerprint density at radius 2 is 1.93 bits per heavy atom. The number of amides is 1. The third kappa shape index (κ3) is 3.22. The van der Waals surface area contributed by atoms with Gasteiger partial charge in [0.25, 0.3) is 0 Å². The van der Waals surface area contributed by atoms with Gasteiger partial charge in [0.15, 0.2) is 6.10 Å². The Balaban J connectivity index is 1.94. The smallest absolute Gasteiger partial charge is 0.494 e. The van der Waals surface area contributed by atoms with E-state index < -0.39 is 36.6 Å². The van der Waals surface area contributed by atoms with Gasteiger partial charge >= 0.3 is 13.2 Å². The molecule has 2 aliphatic rings. The fourth-order valence-electron chi connectivity index (χ4n) is 3.22. The van der Waals surface area contributed by atoms with Crippen LogP contribution in [0.3, 0.4) is 0 Å². The summed E-state index contributed by atoms with van der Waals surface area (Å²) in [5.74, 6) is 0.476. The first-order chi connectivity index (χ1) is 12.6. The number of aliphatic hydroxyl groups excluding tert-OH is 1. The number of carbonyl (C=O) groups is 1. The van der Waals surface area contributed by atoms with Crippen molar-refractivity contribution in [2.24, 2.45) is 0 Å². The number of carbonyl (C=O) groups excluding carboxylic acids is 1. The maximum absolute atomic E-state index is 12.3. The summed E-state index contributed by atoms with van der Waals surface area (Å²) in [6.45, 7) is 11.4. The molecule has 146 valence electrons. The van der Waals surface area contributed by atoms with Crippen molar-refractivity contribution in [1.29, 1.82) is 0 Å². The Morgan fingerprint density at radius 1 is 1.30 bits per heavy atom. The highest BCUT2D eigenvalue weighted by molar-refractivity contribution is 6.62. The molecule has 2 saturated heterocycles.